The van der Waals surface area contributed by atoms with Crippen molar-refractivity contribution in [2.24, 2.45) is 0 Å². The summed E-state index contributed by atoms with van der Waals surface area (Å²) in [6.45, 7) is 2.50. The molecule has 5 heteroatoms. The minimum atomic E-state index is -0.776. The number of hydrogen-bond donors (Lipinski definition) is 3. The second-order valence-electron chi connectivity index (χ2n) is 3.26. The number of benzene rings is 1. The van der Waals surface area contributed by atoms with Gasteiger partial charge in [0, 0.05) is 11.0 Å². The van der Waals surface area contributed by atoms with Crippen molar-refractivity contribution in [2.45, 2.75) is 13.0 Å². The van der Waals surface area contributed by atoms with Gasteiger partial charge < -0.3 is 20.3 Å². The van der Waals surface area contributed by atoms with Crippen LogP contribution in [0.1, 0.15) is 6.92 Å². The van der Waals surface area contributed by atoms with Crippen LogP contribution in [0.3, 0.4) is 0 Å². The first-order chi connectivity index (χ1) is 7.69. The van der Waals surface area contributed by atoms with Crippen LogP contribution in [0.15, 0.2) is 22.7 Å². The average molecular weight is 290 g/mol. The van der Waals surface area contributed by atoms with Crippen molar-refractivity contribution in [2.75, 3.05) is 25.1 Å². The number of halogens is 1. The summed E-state index contributed by atoms with van der Waals surface area (Å²) in [7, 11) is 0. The average Bonchev–Trinajstić information content (AvgIpc) is 2.28. The second-order valence-corrected chi connectivity index (χ2v) is 4.12. The highest BCUT2D eigenvalue weighted by Gasteiger charge is 2.09. The van der Waals surface area contributed by atoms with Crippen molar-refractivity contribution in [3.8, 4) is 5.75 Å². The molecule has 0 aliphatic heterocycles. The predicted octanol–water partition coefficient (Wildman–Crippen LogP) is 1.61. The number of aliphatic hydroxyl groups excluding tert-OH is 2. The van der Waals surface area contributed by atoms with Gasteiger partial charge in [0.05, 0.1) is 25.0 Å². The van der Waals surface area contributed by atoms with Crippen LogP contribution in [-0.2, 0) is 0 Å². The van der Waals surface area contributed by atoms with Gasteiger partial charge in [0.15, 0.2) is 0 Å². The topological polar surface area (TPSA) is 61.7 Å². The van der Waals surface area contributed by atoms with Crippen LogP contribution in [0.5, 0.6) is 5.75 Å². The van der Waals surface area contributed by atoms with Crippen LogP contribution in [-0.4, -0.2) is 36.1 Å². The van der Waals surface area contributed by atoms with E-state index in [-0.39, 0.29) is 13.2 Å². The number of ether oxygens (including phenoxy) is 1. The van der Waals surface area contributed by atoms with Gasteiger partial charge in [-0.1, -0.05) is 6.07 Å². The molecule has 0 bridgehead atoms. The zero-order valence-corrected chi connectivity index (χ0v) is 10.7. The molecular weight excluding hydrogens is 274 g/mol. The molecule has 0 spiro atoms. The van der Waals surface area contributed by atoms with Gasteiger partial charge in [-0.25, -0.2) is 0 Å². The molecule has 0 radical (unpaired) electrons. The minimum absolute atomic E-state index is 0.262. The fraction of sp³-hybridized carbons (Fsp3) is 0.455. The number of hydrogen-bond acceptors (Lipinski definition) is 4. The van der Waals surface area contributed by atoms with Gasteiger partial charge in [-0.3, -0.25) is 0 Å². The van der Waals surface area contributed by atoms with Crippen molar-refractivity contribution in [1.29, 1.82) is 0 Å². The van der Waals surface area contributed by atoms with Crippen molar-refractivity contribution < 1.29 is 14.9 Å². The monoisotopic (exact) mass is 289 g/mol. The number of anilines is 1. The third kappa shape index (κ3) is 3.66. The Hall–Kier alpha value is -0.780. The van der Waals surface area contributed by atoms with Crippen molar-refractivity contribution in [1.82, 2.24) is 0 Å². The Kier molecular flexibility index (Phi) is 5.59. The molecular formula is C11H16BrNO3. The maximum Gasteiger partial charge on any atom is 0.143 e. The van der Waals surface area contributed by atoms with Crippen molar-refractivity contribution >= 4 is 21.6 Å². The summed E-state index contributed by atoms with van der Waals surface area (Å²) in [6, 6.07) is 5.61. The van der Waals surface area contributed by atoms with Gasteiger partial charge in [-0.2, -0.15) is 0 Å². The summed E-state index contributed by atoms with van der Waals surface area (Å²) >= 11 is 3.40. The quantitative estimate of drug-likeness (QED) is 0.745. The highest BCUT2D eigenvalue weighted by atomic mass is 79.9. The largest absolute Gasteiger partial charge is 0.492 e. The molecule has 1 aromatic rings. The van der Waals surface area contributed by atoms with Gasteiger partial charge in [0.25, 0.3) is 0 Å². The van der Waals surface area contributed by atoms with E-state index in [2.05, 4.69) is 21.2 Å². The van der Waals surface area contributed by atoms with Gasteiger partial charge in [-0.15, -0.1) is 0 Å². The SMILES string of the molecule is CCOc1cccc(Br)c1NCC(O)CO. The van der Waals surface area contributed by atoms with Crippen LogP contribution >= 0.6 is 15.9 Å². The molecule has 90 valence electrons. The first-order valence-corrected chi connectivity index (χ1v) is 5.92. The van der Waals surface area contributed by atoms with Gasteiger partial charge in [0.2, 0.25) is 0 Å². The molecule has 0 amide bonds. The molecule has 0 aliphatic carbocycles. The molecule has 1 atom stereocenters. The van der Waals surface area contributed by atoms with Crippen LogP contribution in [0.2, 0.25) is 0 Å². The molecule has 0 heterocycles. The fourth-order valence-electron chi connectivity index (χ4n) is 1.24. The van der Waals surface area contributed by atoms with E-state index >= 15 is 0 Å². The molecule has 1 aromatic carbocycles. The summed E-state index contributed by atoms with van der Waals surface area (Å²) < 4.78 is 6.31. The van der Waals surface area contributed by atoms with Crippen LogP contribution < -0.4 is 10.1 Å². The number of para-hydroxylation sites is 1. The molecule has 0 aromatic heterocycles. The number of nitrogens with one attached hydrogen (secondary N) is 1. The van der Waals surface area contributed by atoms with E-state index in [4.69, 9.17) is 9.84 Å². The zero-order chi connectivity index (χ0) is 12.0. The first kappa shape index (κ1) is 13.3. The third-order valence-electron chi connectivity index (χ3n) is 2.00. The summed E-state index contributed by atoms with van der Waals surface area (Å²) in [4.78, 5) is 0. The van der Waals surface area contributed by atoms with E-state index in [9.17, 15) is 5.11 Å². The summed E-state index contributed by atoms with van der Waals surface area (Å²) in [5.74, 6) is 0.724. The Balaban J connectivity index is 2.75. The molecule has 0 saturated carbocycles. The molecule has 0 saturated heterocycles. The molecule has 1 rings (SSSR count). The van der Waals surface area contributed by atoms with Crippen LogP contribution in [0.25, 0.3) is 0 Å². The Morgan fingerprint density at radius 3 is 2.88 bits per heavy atom. The molecule has 0 aliphatic rings. The van der Waals surface area contributed by atoms with Gasteiger partial charge >= 0.3 is 0 Å². The molecule has 0 fully saturated rings. The molecule has 1 unspecified atom stereocenters. The molecule has 3 N–H and O–H groups in total. The van der Waals surface area contributed by atoms with Crippen LogP contribution in [0, 0.1) is 0 Å². The lowest BCUT2D eigenvalue weighted by Crippen LogP contribution is -2.23. The van der Waals surface area contributed by atoms with E-state index in [1.165, 1.54) is 0 Å². The van der Waals surface area contributed by atoms with Crippen LogP contribution in [0.4, 0.5) is 5.69 Å². The maximum absolute atomic E-state index is 9.26. The number of rotatable bonds is 6. The summed E-state index contributed by atoms with van der Waals surface area (Å²) in [6.07, 6.45) is -0.776. The van der Waals surface area contributed by atoms with E-state index in [1.54, 1.807) is 0 Å². The zero-order valence-electron chi connectivity index (χ0n) is 9.11. The molecule has 16 heavy (non-hydrogen) atoms. The minimum Gasteiger partial charge on any atom is -0.492 e. The summed E-state index contributed by atoms with van der Waals surface area (Å²) in [5, 5.41) is 21.0. The second kappa shape index (κ2) is 6.73. The van der Waals surface area contributed by atoms with Gasteiger partial charge in [-0.05, 0) is 35.0 Å². The van der Waals surface area contributed by atoms with Gasteiger partial charge in [0.1, 0.15) is 5.75 Å². The lowest BCUT2D eigenvalue weighted by Gasteiger charge is -2.15. The van der Waals surface area contributed by atoms with E-state index in [1.807, 2.05) is 25.1 Å². The van der Waals surface area contributed by atoms with Crippen molar-refractivity contribution in [3.05, 3.63) is 22.7 Å². The lowest BCUT2D eigenvalue weighted by atomic mass is 10.2. The van der Waals surface area contributed by atoms with E-state index < -0.39 is 6.10 Å². The Bertz CT molecular complexity index is 333. The standard InChI is InChI=1S/C11H16BrNO3/c1-2-16-10-5-3-4-9(12)11(10)13-6-8(15)7-14/h3-5,8,13-15H,2,6-7H2,1H3. The fourth-order valence-corrected chi connectivity index (χ4v) is 1.72. The highest BCUT2D eigenvalue weighted by molar-refractivity contribution is 9.10. The summed E-state index contributed by atoms with van der Waals surface area (Å²) in [5.41, 5.74) is 0.789. The smallest absolute Gasteiger partial charge is 0.143 e. The van der Waals surface area contributed by atoms with Crippen molar-refractivity contribution in [3.63, 3.8) is 0 Å². The normalized spacial score (nSPS) is 12.2. The highest BCUT2D eigenvalue weighted by Crippen LogP contribution is 2.32. The predicted molar refractivity (Wildman–Crippen MR) is 66.9 cm³/mol. The third-order valence-corrected chi connectivity index (χ3v) is 2.66. The molecule has 4 nitrogen and oxygen atoms in total. The first-order valence-electron chi connectivity index (χ1n) is 5.13. The Morgan fingerprint density at radius 1 is 1.50 bits per heavy atom. The number of aliphatic hydroxyl groups is 2. The maximum atomic E-state index is 9.26. The lowest BCUT2D eigenvalue weighted by molar-refractivity contribution is 0.105. The van der Waals surface area contributed by atoms with E-state index in [0.717, 1.165) is 15.9 Å². The Morgan fingerprint density at radius 2 is 2.25 bits per heavy atom. The van der Waals surface area contributed by atoms with E-state index in [0.29, 0.717) is 6.61 Å². The Labute approximate surface area is 103 Å².